The molecule has 1 aromatic rings. The fourth-order valence-corrected chi connectivity index (χ4v) is 2.26. The van der Waals surface area contributed by atoms with Crippen molar-refractivity contribution in [2.75, 3.05) is 7.05 Å². The lowest BCUT2D eigenvalue weighted by Crippen LogP contribution is -2.35. The number of aryl methyl sites for hydroxylation is 1. The highest BCUT2D eigenvalue weighted by Crippen LogP contribution is 2.26. The Hall–Kier alpha value is -0.900. The van der Waals surface area contributed by atoms with E-state index in [2.05, 4.69) is 5.16 Å². The number of aromatic nitrogens is 1. The molecule has 1 aliphatic rings. The van der Waals surface area contributed by atoms with E-state index >= 15 is 0 Å². The Bertz CT molecular complexity index is 326. The maximum absolute atomic E-state index is 13.5. The van der Waals surface area contributed by atoms with Crippen LogP contribution in [-0.2, 0) is 6.54 Å². The van der Waals surface area contributed by atoms with Crippen LogP contribution in [0.15, 0.2) is 10.6 Å². The molecule has 0 spiro atoms. The van der Waals surface area contributed by atoms with Gasteiger partial charge in [-0.15, -0.1) is 0 Å². The predicted octanol–water partition coefficient (Wildman–Crippen LogP) is 2.31. The van der Waals surface area contributed by atoms with Crippen LogP contribution in [0.1, 0.15) is 30.7 Å². The highest BCUT2D eigenvalue weighted by atomic mass is 19.1. The Morgan fingerprint density at radius 3 is 2.93 bits per heavy atom. The highest BCUT2D eigenvalue weighted by molar-refractivity contribution is 5.03. The minimum absolute atomic E-state index is 0.0574. The first-order valence-electron chi connectivity index (χ1n) is 5.43. The van der Waals surface area contributed by atoms with E-state index in [9.17, 15) is 4.39 Å². The zero-order valence-corrected chi connectivity index (χ0v) is 9.24. The van der Waals surface area contributed by atoms with Crippen molar-refractivity contribution in [1.82, 2.24) is 10.1 Å². The highest BCUT2D eigenvalue weighted by Gasteiger charge is 2.30. The second-order valence-corrected chi connectivity index (χ2v) is 4.36. The van der Waals surface area contributed by atoms with E-state index in [1.54, 1.807) is 0 Å². The molecule has 2 rings (SSSR count). The minimum Gasteiger partial charge on any atom is -0.361 e. The molecule has 1 aromatic heterocycles. The molecule has 1 heterocycles. The van der Waals surface area contributed by atoms with Gasteiger partial charge in [-0.05, 0) is 33.2 Å². The summed E-state index contributed by atoms with van der Waals surface area (Å²) in [7, 11) is 1.95. The summed E-state index contributed by atoms with van der Waals surface area (Å²) in [5.41, 5.74) is 0.883. The van der Waals surface area contributed by atoms with Gasteiger partial charge in [-0.3, -0.25) is 4.90 Å². The Morgan fingerprint density at radius 1 is 1.60 bits per heavy atom. The van der Waals surface area contributed by atoms with Gasteiger partial charge < -0.3 is 4.52 Å². The number of halogens is 1. The second-order valence-electron chi connectivity index (χ2n) is 4.36. The molecule has 1 saturated carbocycles. The monoisotopic (exact) mass is 212 g/mol. The first-order chi connectivity index (χ1) is 7.16. The number of hydrogen-bond donors (Lipinski definition) is 0. The summed E-state index contributed by atoms with van der Waals surface area (Å²) < 4.78 is 18.4. The summed E-state index contributed by atoms with van der Waals surface area (Å²) in [6, 6.07) is 1.96. The summed E-state index contributed by atoms with van der Waals surface area (Å²) in [5, 5.41) is 3.91. The second kappa shape index (κ2) is 4.31. The summed E-state index contributed by atoms with van der Waals surface area (Å²) in [6.07, 6.45) is 1.97. The maximum Gasteiger partial charge on any atom is 0.133 e. The summed E-state index contributed by atoms with van der Waals surface area (Å²) in [4.78, 5) is 2.04. The third-order valence-electron chi connectivity index (χ3n) is 3.05. The van der Waals surface area contributed by atoms with Crippen LogP contribution in [-0.4, -0.2) is 29.3 Å². The van der Waals surface area contributed by atoms with Crippen molar-refractivity contribution in [3.05, 3.63) is 17.5 Å². The van der Waals surface area contributed by atoms with Crippen molar-refractivity contribution in [3.8, 4) is 0 Å². The Balaban J connectivity index is 1.94. The van der Waals surface area contributed by atoms with Crippen molar-refractivity contribution in [3.63, 3.8) is 0 Å². The number of rotatable bonds is 3. The van der Waals surface area contributed by atoms with Crippen LogP contribution in [0.2, 0.25) is 0 Å². The zero-order valence-electron chi connectivity index (χ0n) is 9.24. The third kappa shape index (κ3) is 2.37. The van der Waals surface area contributed by atoms with Crippen molar-refractivity contribution in [1.29, 1.82) is 0 Å². The van der Waals surface area contributed by atoms with Crippen LogP contribution in [0.5, 0.6) is 0 Å². The first-order valence-corrected chi connectivity index (χ1v) is 5.43. The minimum atomic E-state index is -0.678. The Labute approximate surface area is 89.2 Å². The van der Waals surface area contributed by atoms with Crippen LogP contribution < -0.4 is 0 Å². The van der Waals surface area contributed by atoms with Crippen molar-refractivity contribution >= 4 is 0 Å². The molecule has 84 valence electrons. The molecule has 2 atom stereocenters. The van der Waals surface area contributed by atoms with Crippen molar-refractivity contribution < 1.29 is 8.91 Å². The molecule has 1 aliphatic carbocycles. The predicted molar refractivity (Wildman–Crippen MR) is 55.2 cm³/mol. The van der Waals surface area contributed by atoms with Gasteiger partial charge in [0.1, 0.15) is 11.9 Å². The van der Waals surface area contributed by atoms with Crippen molar-refractivity contribution in [2.45, 2.75) is 44.9 Å². The van der Waals surface area contributed by atoms with E-state index in [-0.39, 0.29) is 6.04 Å². The van der Waals surface area contributed by atoms with Gasteiger partial charge in [0, 0.05) is 18.7 Å². The molecular weight excluding hydrogens is 195 g/mol. The fraction of sp³-hybridized carbons (Fsp3) is 0.727. The van der Waals surface area contributed by atoms with E-state index in [0.717, 1.165) is 24.3 Å². The molecule has 3 nitrogen and oxygen atoms in total. The van der Waals surface area contributed by atoms with Gasteiger partial charge in [0.15, 0.2) is 0 Å². The lowest BCUT2D eigenvalue weighted by Gasteiger charge is -2.24. The smallest absolute Gasteiger partial charge is 0.133 e. The van der Waals surface area contributed by atoms with E-state index in [1.807, 2.05) is 24.9 Å². The normalized spacial score (nSPS) is 26.4. The third-order valence-corrected chi connectivity index (χ3v) is 3.05. The van der Waals surface area contributed by atoms with E-state index in [0.29, 0.717) is 13.0 Å². The van der Waals surface area contributed by atoms with E-state index in [1.165, 1.54) is 0 Å². The summed E-state index contributed by atoms with van der Waals surface area (Å²) in [5.74, 6) is 0.807. The zero-order chi connectivity index (χ0) is 10.8. The van der Waals surface area contributed by atoms with Crippen LogP contribution >= 0.6 is 0 Å². The van der Waals surface area contributed by atoms with Gasteiger partial charge in [-0.2, -0.15) is 0 Å². The molecule has 0 aliphatic heterocycles. The Morgan fingerprint density at radius 2 is 2.40 bits per heavy atom. The molecule has 0 bridgehead atoms. The van der Waals surface area contributed by atoms with Gasteiger partial charge >= 0.3 is 0 Å². The standard InChI is InChI=1S/C11H17FN2O/c1-8-6-9(13-15-8)7-14(2)11-5-3-4-10(11)12/h6,10-11H,3-5,7H2,1-2H3. The van der Waals surface area contributed by atoms with Crippen LogP contribution in [0.4, 0.5) is 4.39 Å². The fourth-order valence-electron chi connectivity index (χ4n) is 2.26. The Kier molecular flexibility index (Phi) is 3.05. The van der Waals surface area contributed by atoms with E-state index in [4.69, 9.17) is 4.52 Å². The summed E-state index contributed by atoms with van der Waals surface area (Å²) in [6.45, 7) is 2.53. The van der Waals surface area contributed by atoms with Gasteiger partial charge in [-0.25, -0.2) is 4.39 Å². The molecule has 0 radical (unpaired) electrons. The quantitative estimate of drug-likeness (QED) is 0.770. The SMILES string of the molecule is Cc1cc(CN(C)C2CCCC2F)no1. The first kappa shape index (κ1) is 10.6. The molecule has 1 fully saturated rings. The van der Waals surface area contributed by atoms with Gasteiger partial charge in [0.25, 0.3) is 0 Å². The average molecular weight is 212 g/mol. The molecule has 4 heteroatoms. The van der Waals surface area contributed by atoms with Crippen LogP contribution in [0.3, 0.4) is 0 Å². The van der Waals surface area contributed by atoms with Gasteiger partial charge in [0.05, 0.1) is 5.69 Å². The number of hydrogen-bond acceptors (Lipinski definition) is 3. The lowest BCUT2D eigenvalue weighted by atomic mass is 10.2. The molecular formula is C11H17FN2O. The van der Waals surface area contributed by atoms with Crippen LogP contribution in [0, 0.1) is 6.92 Å². The summed E-state index contributed by atoms with van der Waals surface area (Å²) >= 11 is 0. The van der Waals surface area contributed by atoms with Gasteiger partial charge in [-0.1, -0.05) is 5.16 Å². The number of nitrogens with zero attached hydrogens (tertiary/aromatic N) is 2. The van der Waals surface area contributed by atoms with E-state index < -0.39 is 6.17 Å². The number of alkyl halides is 1. The van der Waals surface area contributed by atoms with Crippen molar-refractivity contribution in [2.24, 2.45) is 0 Å². The molecule has 15 heavy (non-hydrogen) atoms. The average Bonchev–Trinajstić information content (AvgIpc) is 2.75. The molecule has 0 amide bonds. The largest absolute Gasteiger partial charge is 0.361 e. The van der Waals surface area contributed by atoms with Gasteiger partial charge in [0.2, 0.25) is 0 Å². The lowest BCUT2D eigenvalue weighted by molar-refractivity contribution is 0.150. The molecule has 0 N–H and O–H groups in total. The molecule has 0 saturated heterocycles. The van der Waals surface area contributed by atoms with Crippen LogP contribution in [0.25, 0.3) is 0 Å². The molecule has 2 unspecified atom stereocenters. The maximum atomic E-state index is 13.5. The molecule has 0 aromatic carbocycles. The topological polar surface area (TPSA) is 29.3 Å².